The van der Waals surface area contributed by atoms with Crippen molar-refractivity contribution in [2.24, 2.45) is 0 Å². The summed E-state index contributed by atoms with van der Waals surface area (Å²) in [5.74, 6) is 0. The maximum Gasteiger partial charge on any atom is 0.0840 e. The molecule has 2 heterocycles. The summed E-state index contributed by atoms with van der Waals surface area (Å²) >= 11 is 0. The van der Waals surface area contributed by atoms with Gasteiger partial charge in [-0.3, -0.25) is 4.68 Å². The molecular formula is C11H17N3. The van der Waals surface area contributed by atoms with Crippen LogP contribution in [0.4, 0.5) is 0 Å². The van der Waals surface area contributed by atoms with E-state index in [2.05, 4.69) is 41.2 Å². The lowest BCUT2D eigenvalue weighted by atomic mass is 10.2. The van der Waals surface area contributed by atoms with Crippen LogP contribution in [-0.2, 0) is 6.54 Å². The zero-order valence-corrected chi connectivity index (χ0v) is 9.12. The van der Waals surface area contributed by atoms with Gasteiger partial charge in [0.05, 0.1) is 23.6 Å². The molecule has 1 aliphatic rings. The van der Waals surface area contributed by atoms with Gasteiger partial charge in [0.25, 0.3) is 0 Å². The van der Waals surface area contributed by atoms with Crippen molar-refractivity contribution in [3.8, 4) is 0 Å². The summed E-state index contributed by atoms with van der Waals surface area (Å²) in [6.45, 7) is 12.6. The Hall–Kier alpha value is -1.25. The van der Waals surface area contributed by atoms with Crippen LogP contribution in [0, 0.1) is 6.92 Å². The Bertz CT molecular complexity index is 363. The van der Waals surface area contributed by atoms with Crippen LogP contribution in [0.25, 0.3) is 5.70 Å². The van der Waals surface area contributed by atoms with Crippen LogP contribution in [0.5, 0.6) is 0 Å². The van der Waals surface area contributed by atoms with Crippen molar-refractivity contribution in [1.29, 1.82) is 0 Å². The summed E-state index contributed by atoms with van der Waals surface area (Å²) in [5.41, 5.74) is 3.35. The Morgan fingerprint density at radius 1 is 1.43 bits per heavy atom. The van der Waals surface area contributed by atoms with Gasteiger partial charge in [0, 0.05) is 12.6 Å². The smallest absolute Gasteiger partial charge is 0.0840 e. The Morgan fingerprint density at radius 3 is 2.79 bits per heavy atom. The van der Waals surface area contributed by atoms with Gasteiger partial charge in [-0.15, -0.1) is 0 Å². The molecule has 0 bridgehead atoms. The molecule has 0 aliphatic carbocycles. The molecule has 0 N–H and O–H groups in total. The second-order valence-corrected chi connectivity index (χ2v) is 4.13. The molecule has 1 aliphatic heterocycles. The van der Waals surface area contributed by atoms with Crippen molar-refractivity contribution in [1.82, 2.24) is 14.7 Å². The van der Waals surface area contributed by atoms with Gasteiger partial charge in [-0.05, 0) is 26.8 Å². The van der Waals surface area contributed by atoms with E-state index in [1.54, 1.807) is 0 Å². The predicted octanol–water partition coefficient (Wildman–Crippen LogP) is 1.89. The van der Waals surface area contributed by atoms with Crippen molar-refractivity contribution in [2.75, 3.05) is 6.54 Å². The molecule has 0 saturated heterocycles. The topological polar surface area (TPSA) is 21.1 Å². The molecule has 0 fully saturated rings. The van der Waals surface area contributed by atoms with Gasteiger partial charge < -0.3 is 4.90 Å². The van der Waals surface area contributed by atoms with Crippen LogP contribution < -0.4 is 0 Å². The lowest BCUT2D eigenvalue weighted by Gasteiger charge is -2.34. The average molecular weight is 191 g/mol. The molecule has 76 valence electrons. The minimum absolute atomic E-state index is 0.520. The standard InChI is InChI=1S/C11H17N3/c1-8(2)13-5-6-14-11(10(13)4)7-9(3)12-14/h7-8H,4-6H2,1-3H3. The van der Waals surface area contributed by atoms with Gasteiger partial charge in [0.1, 0.15) is 0 Å². The van der Waals surface area contributed by atoms with Crippen molar-refractivity contribution in [3.63, 3.8) is 0 Å². The SMILES string of the molecule is C=C1c2cc(C)nn2CCN1C(C)C. The first-order valence-corrected chi connectivity index (χ1v) is 5.10. The molecule has 2 rings (SSSR count). The third-order valence-electron chi connectivity index (χ3n) is 2.72. The quantitative estimate of drug-likeness (QED) is 0.676. The second-order valence-electron chi connectivity index (χ2n) is 4.13. The third kappa shape index (κ3) is 1.33. The fourth-order valence-corrected chi connectivity index (χ4v) is 2.00. The van der Waals surface area contributed by atoms with Crippen molar-refractivity contribution < 1.29 is 0 Å². The Morgan fingerprint density at radius 2 is 2.14 bits per heavy atom. The van der Waals surface area contributed by atoms with E-state index in [9.17, 15) is 0 Å². The maximum atomic E-state index is 4.42. The normalized spacial score (nSPS) is 16.3. The minimum atomic E-state index is 0.520. The molecule has 0 radical (unpaired) electrons. The molecule has 14 heavy (non-hydrogen) atoms. The number of aryl methyl sites for hydroxylation is 1. The summed E-state index contributed by atoms with van der Waals surface area (Å²) in [5, 5.41) is 4.42. The zero-order valence-electron chi connectivity index (χ0n) is 9.12. The van der Waals surface area contributed by atoms with Crippen LogP contribution in [0.3, 0.4) is 0 Å². The highest BCUT2D eigenvalue weighted by molar-refractivity contribution is 5.60. The van der Waals surface area contributed by atoms with Crippen LogP contribution in [-0.4, -0.2) is 27.3 Å². The van der Waals surface area contributed by atoms with Crippen molar-refractivity contribution in [2.45, 2.75) is 33.4 Å². The highest BCUT2D eigenvalue weighted by Gasteiger charge is 2.22. The zero-order chi connectivity index (χ0) is 10.3. The maximum absolute atomic E-state index is 4.42. The van der Waals surface area contributed by atoms with Gasteiger partial charge in [-0.1, -0.05) is 6.58 Å². The number of rotatable bonds is 1. The molecule has 0 aromatic carbocycles. The summed E-state index contributed by atoms with van der Waals surface area (Å²) < 4.78 is 2.05. The first kappa shape index (κ1) is 9.31. The molecule has 1 aromatic rings. The van der Waals surface area contributed by atoms with E-state index in [4.69, 9.17) is 0 Å². The van der Waals surface area contributed by atoms with Crippen LogP contribution in [0.2, 0.25) is 0 Å². The lowest BCUT2D eigenvalue weighted by Crippen LogP contribution is -2.37. The monoisotopic (exact) mass is 191 g/mol. The molecule has 0 amide bonds. The van der Waals surface area contributed by atoms with E-state index in [1.165, 1.54) is 5.69 Å². The average Bonchev–Trinajstić information content (AvgIpc) is 2.46. The number of fused-ring (bicyclic) bond motifs is 1. The molecule has 0 spiro atoms. The molecule has 0 atom stereocenters. The second kappa shape index (κ2) is 3.15. The van der Waals surface area contributed by atoms with Gasteiger partial charge in [-0.2, -0.15) is 5.10 Å². The molecular weight excluding hydrogens is 174 g/mol. The van der Waals surface area contributed by atoms with E-state index in [-0.39, 0.29) is 0 Å². The molecule has 0 unspecified atom stereocenters. The number of nitrogens with zero attached hydrogens (tertiary/aromatic N) is 3. The Labute approximate surface area is 85.0 Å². The first-order valence-electron chi connectivity index (χ1n) is 5.10. The fourth-order valence-electron chi connectivity index (χ4n) is 2.00. The number of hydrogen-bond donors (Lipinski definition) is 0. The van der Waals surface area contributed by atoms with Gasteiger partial charge >= 0.3 is 0 Å². The summed E-state index contributed by atoms with van der Waals surface area (Å²) in [6.07, 6.45) is 0. The number of aromatic nitrogens is 2. The highest BCUT2D eigenvalue weighted by Crippen LogP contribution is 2.24. The fraction of sp³-hybridized carbons (Fsp3) is 0.545. The minimum Gasteiger partial charge on any atom is -0.366 e. The first-order chi connectivity index (χ1) is 6.59. The molecule has 0 saturated carbocycles. The largest absolute Gasteiger partial charge is 0.366 e. The van der Waals surface area contributed by atoms with E-state index >= 15 is 0 Å². The van der Waals surface area contributed by atoms with Gasteiger partial charge in [0.15, 0.2) is 0 Å². The number of hydrogen-bond acceptors (Lipinski definition) is 2. The summed E-state index contributed by atoms with van der Waals surface area (Å²) in [4.78, 5) is 2.33. The van der Waals surface area contributed by atoms with E-state index < -0.39 is 0 Å². The van der Waals surface area contributed by atoms with Crippen LogP contribution in [0.15, 0.2) is 12.6 Å². The Kier molecular flexibility index (Phi) is 2.10. The molecule has 1 aromatic heterocycles. The third-order valence-corrected chi connectivity index (χ3v) is 2.72. The lowest BCUT2D eigenvalue weighted by molar-refractivity contribution is 0.288. The van der Waals surface area contributed by atoms with Gasteiger partial charge in [0.2, 0.25) is 0 Å². The van der Waals surface area contributed by atoms with Crippen molar-refractivity contribution >= 4 is 5.70 Å². The summed E-state index contributed by atoms with van der Waals surface area (Å²) in [6, 6.07) is 2.63. The van der Waals surface area contributed by atoms with E-state index in [0.29, 0.717) is 6.04 Å². The highest BCUT2D eigenvalue weighted by atomic mass is 15.3. The van der Waals surface area contributed by atoms with Gasteiger partial charge in [-0.25, -0.2) is 0 Å². The summed E-state index contributed by atoms with van der Waals surface area (Å²) in [7, 11) is 0. The van der Waals surface area contributed by atoms with E-state index in [0.717, 1.165) is 24.5 Å². The molecule has 3 nitrogen and oxygen atoms in total. The molecule has 3 heteroatoms. The Balaban J connectivity index is 2.36. The predicted molar refractivity (Wildman–Crippen MR) is 57.8 cm³/mol. The van der Waals surface area contributed by atoms with Crippen LogP contribution >= 0.6 is 0 Å². The van der Waals surface area contributed by atoms with Crippen molar-refractivity contribution in [3.05, 3.63) is 24.0 Å². The van der Waals surface area contributed by atoms with Crippen LogP contribution in [0.1, 0.15) is 25.2 Å². The van der Waals surface area contributed by atoms with E-state index in [1.807, 2.05) is 6.92 Å².